The van der Waals surface area contributed by atoms with E-state index in [0.717, 1.165) is 61.1 Å². The number of rotatable bonds is 5. The van der Waals surface area contributed by atoms with E-state index in [1.807, 2.05) is 30.5 Å². The molecule has 0 radical (unpaired) electrons. The molecule has 0 bridgehead atoms. The van der Waals surface area contributed by atoms with Gasteiger partial charge < -0.3 is 10.1 Å². The highest BCUT2D eigenvalue weighted by Gasteiger charge is 2.24. The van der Waals surface area contributed by atoms with Crippen LogP contribution < -0.4 is 0 Å². The number of hydrogen-bond donors (Lipinski definition) is 2. The van der Waals surface area contributed by atoms with Crippen LogP contribution in [0.3, 0.4) is 0 Å². The van der Waals surface area contributed by atoms with Crippen molar-refractivity contribution in [2.45, 2.75) is 50.9 Å². The van der Waals surface area contributed by atoms with Crippen LogP contribution in [-0.2, 0) is 4.79 Å². The fraction of sp³-hybridized carbons (Fsp3) is 0.346. The molecule has 0 amide bonds. The monoisotopic (exact) mass is 413 g/mol. The number of aliphatic imine (C=N–C) groups is 1. The maximum absolute atomic E-state index is 10.9. The molecule has 0 saturated heterocycles. The lowest BCUT2D eigenvalue weighted by Gasteiger charge is -2.28. The van der Waals surface area contributed by atoms with Crippen molar-refractivity contribution in [1.29, 1.82) is 0 Å². The fourth-order valence-electron chi connectivity index (χ4n) is 4.94. The predicted molar refractivity (Wildman–Crippen MR) is 123 cm³/mol. The zero-order valence-electron chi connectivity index (χ0n) is 17.6. The van der Waals surface area contributed by atoms with Crippen LogP contribution in [0.2, 0.25) is 0 Å². The van der Waals surface area contributed by atoms with E-state index >= 15 is 0 Å². The Bertz CT molecular complexity index is 1120. The van der Waals surface area contributed by atoms with Gasteiger partial charge in [0.1, 0.15) is 0 Å². The van der Waals surface area contributed by atoms with Crippen LogP contribution in [0.5, 0.6) is 0 Å². The number of aliphatic carboxylic acids is 1. The third-order valence-electron chi connectivity index (χ3n) is 6.73. The van der Waals surface area contributed by atoms with Gasteiger partial charge in [0, 0.05) is 12.6 Å². The number of fused-ring (bicyclic) bond motifs is 1. The quantitative estimate of drug-likeness (QED) is 0.544. The molecule has 1 fully saturated rings. The normalized spacial score (nSPS) is 21.5. The van der Waals surface area contributed by atoms with Crippen LogP contribution in [0.15, 0.2) is 59.7 Å². The number of nitrogens with zero attached hydrogens (tertiary/aromatic N) is 2. The molecule has 2 heterocycles. The molecule has 3 aromatic rings. The fourth-order valence-corrected chi connectivity index (χ4v) is 4.94. The molecule has 1 aliphatic heterocycles. The molecule has 158 valence electrons. The molecule has 1 saturated carbocycles. The first-order chi connectivity index (χ1) is 15.2. The average Bonchev–Trinajstić information content (AvgIpc) is 3.24. The lowest BCUT2D eigenvalue weighted by Crippen LogP contribution is -2.16. The summed E-state index contributed by atoms with van der Waals surface area (Å²) in [7, 11) is 0. The maximum atomic E-state index is 10.9. The lowest BCUT2D eigenvalue weighted by atomic mass is 9.77. The summed E-state index contributed by atoms with van der Waals surface area (Å²) in [6.07, 6.45) is 8.34. The Hall–Kier alpha value is -3.21. The summed E-state index contributed by atoms with van der Waals surface area (Å²) >= 11 is 0. The molecule has 0 unspecified atom stereocenters. The Morgan fingerprint density at radius 3 is 2.45 bits per heavy atom. The van der Waals surface area contributed by atoms with Gasteiger partial charge in [-0.05, 0) is 79.2 Å². The minimum atomic E-state index is -0.667. The SMILES string of the molecule is O=C(O)CC1CCC(c2ccc(C3=CN=C(c4nc5ccccc5[nH]4)CC3)cc2)CC1. The Labute approximate surface area is 181 Å². The first-order valence-electron chi connectivity index (χ1n) is 11.2. The molecule has 0 atom stereocenters. The molecule has 2 N–H and O–H groups in total. The summed E-state index contributed by atoms with van der Waals surface area (Å²) in [5, 5.41) is 9.00. The number of carboxylic acid groups (broad SMARTS) is 1. The number of imidazole rings is 1. The molecule has 1 aliphatic carbocycles. The predicted octanol–water partition coefficient (Wildman–Crippen LogP) is 5.94. The van der Waals surface area contributed by atoms with Gasteiger partial charge in [0.25, 0.3) is 0 Å². The summed E-state index contributed by atoms with van der Waals surface area (Å²) in [5.74, 6) is 1.10. The van der Waals surface area contributed by atoms with Gasteiger partial charge in [0.05, 0.1) is 16.7 Å². The highest BCUT2D eigenvalue weighted by molar-refractivity contribution is 6.02. The second-order valence-electron chi connectivity index (χ2n) is 8.77. The number of aromatic amines is 1. The second kappa shape index (κ2) is 8.50. The van der Waals surface area contributed by atoms with Gasteiger partial charge in [0.2, 0.25) is 0 Å². The summed E-state index contributed by atoms with van der Waals surface area (Å²) in [4.78, 5) is 23.7. The van der Waals surface area contributed by atoms with E-state index in [0.29, 0.717) is 18.3 Å². The molecule has 5 rings (SSSR count). The number of carboxylic acids is 1. The van der Waals surface area contributed by atoms with Gasteiger partial charge in [-0.1, -0.05) is 36.4 Å². The average molecular weight is 414 g/mol. The van der Waals surface area contributed by atoms with Gasteiger partial charge in [-0.2, -0.15) is 0 Å². The van der Waals surface area contributed by atoms with E-state index in [-0.39, 0.29) is 0 Å². The van der Waals surface area contributed by atoms with Gasteiger partial charge in [0.15, 0.2) is 5.82 Å². The molecule has 2 aromatic carbocycles. The first kappa shape index (κ1) is 19.7. The van der Waals surface area contributed by atoms with Gasteiger partial charge in [-0.3, -0.25) is 9.79 Å². The topological polar surface area (TPSA) is 78.3 Å². The van der Waals surface area contributed by atoms with E-state index in [1.165, 1.54) is 16.7 Å². The minimum absolute atomic E-state index is 0.316. The van der Waals surface area contributed by atoms with Gasteiger partial charge in [-0.15, -0.1) is 0 Å². The van der Waals surface area contributed by atoms with Crippen molar-refractivity contribution >= 4 is 28.3 Å². The minimum Gasteiger partial charge on any atom is -0.481 e. The van der Waals surface area contributed by atoms with Crippen molar-refractivity contribution in [2.75, 3.05) is 0 Å². The Kier molecular flexibility index (Phi) is 5.41. The van der Waals surface area contributed by atoms with E-state index in [1.54, 1.807) is 0 Å². The number of H-pyrrole nitrogens is 1. The Morgan fingerprint density at radius 2 is 1.77 bits per heavy atom. The molecule has 1 aromatic heterocycles. The van der Waals surface area contributed by atoms with Crippen molar-refractivity contribution in [2.24, 2.45) is 10.9 Å². The largest absolute Gasteiger partial charge is 0.481 e. The summed E-state index contributed by atoms with van der Waals surface area (Å²) in [6.45, 7) is 0. The number of benzene rings is 2. The highest BCUT2D eigenvalue weighted by atomic mass is 16.4. The Morgan fingerprint density at radius 1 is 1.00 bits per heavy atom. The zero-order valence-corrected chi connectivity index (χ0v) is 17.6. The summed E-state index contributed by atoms with van der Waals surface area (Å²) < 4.78 is 0. The number of para-hydroxylation sites is 2. The molecule has 5 nitrogen and oxygen atoms in total. The van der Waals surface area contributed by atoms with Crippen molar-refractivity contribution in [3.05, 3.63) is 71.7 Å². The molecule has 0 spiro atoms. The molecular weight excluding hydrogens is 386 g/mol. The number of carbonyl (C=O) groups is 1. The van der Waals surface area contributed by atoms with Gasteiger partial charge in [-0.25, -0.2) is 4.98 Å². The number of hydrogen-bond acceptors (Lipinski definition) is 3. The molecule has 2 aliphatic rings. The van der Waals surface area contributed by atoms with E-state index < -0.39 is 5.97 Å². The number of allylic oxidation sites excluding steroid dienone is 1. The van der Waals surface area contributed by atoms with Crippen LogP contribution in [0.1, 0.15) is 67.8 Å². The van der Waals surface area contributed by atoms with Crippen LogP contribution in [-0.4, -0.2) is 26.8 Å². The summed E-state index contributed by atoms with van der Waals surface area (Å²) in [6, 6.07) is 17.0. The molecule has 5 heteroatoms. The molecular formula is C26H27N3O2. The van der Waals surface area contributed by atoms with E-state index in [9.17, 15) is 4.79 Å². The molecule has 31 heavy (non-hydrogen) atoms. The van der Waals surface area contributed by atoms with Crippen LogP contribution in [0.25, 0.3) is 16.6 Å². The van der Waals surface area contributed by atoms with Crippen molar-refractivity contribution in [3.8, 4) is 0 Å². The smallest absolute Gasteiger partial charge is 0.303 e. The van der Waals surface area contributed by atoms with Crippen LogP contribution in [0, 0.1) is 5.92 Å². The number of aromatic nitrogens is 2. The third-order valence-corrected chi connectivity index (χ3v) is 6.73. The second-order valence-corrected chi connectivity index (χ2v) is 8.77. The zero-order chi connectivity index (χ0) is 21.2. The Balaban J connectivity index is 1.26. The lowest BCUT2D eigenvalue weighted by molar-refractivity contribution is -0.138. The third kappa shape index (κ3) is 4.31. The van der Waals surface area contributed by atoms with Crippen molar-refractivity contribution in [1.82, 2.24) is 9.97 Å². The maximum Gasteiger partial charge on any atom is 0.303 e. The van der Waals surface area contributed by atoms with E-state index in [2.05, 4.69) is 34.2 Å². The van der Waals surface area contributed by atoms with Crippen LogP contribution >= 0.6 is 0 Å². The van der Waals surface area contributed by atoms with Crippen LogP contribution in [0.4, 0.5) is 0 Å². The number of nitrogens with one attached hydrogen (secondary N) is 1. The van der Waals surface area contributed by atoms with Gasteiger partial charge >= 0.3 is 5.97 Å². The summed E-state index contributed by atoms with van der Waals surface area (Å²) in [5.41, 5.74) is 6.90. The highest BCUT2D eigenvalue weighted by Crippen LogP contribution is 2.37. The standard InChI is InChI=1S/C26H27N3O2/c30-25(31)15-17-5-7-18(8-6-17)19-9-11-20(12-10-19)21-13-14-24(27-16-21)26-28-22-3-1-2-4-23(22)29-26/h1-4,9-12,16-18H,5-8,13-15H2,(H,28,29)(H,30,31). The van der Waals surface area contributed by atoms with Crippen molar-refractivity contribution in [3.63, 3.8) is 0 Å². The van der Waals surface area contributed by atoms with E-state index in [4.69, 9.17) is 10.1 Å². The first-order valence-corrected chi connectivity index (χ1v) is 11.2. The van der Waals surface area contributed by atoms with Crippen molar-refractivity contribution < 1.29 is 9.90 Å².